The van der Waals surface area contributed by atoms with E-state index in [0.717, 1.165) is 15.8 Å². The number of hydrogen-bond donors (Lipinski definition) is 1. The van der Waals surface area contributed by atoms with E-state index in [0.29, 0.717) is 6.04 Å². The molecule has 0 aliphatic heterocycles. The summed E-state index contributed by atoms with van der Waals surface area (Å²) < 4.78 is 3.48. The van der Waals surface area contributed by atoms with Gasteiger partial charge in [0.15, 0.2) is 0 Å². The quantitative estimate of drug-likeness (QED) is 0.942. The van der Waals surface area contributed by atoms with Gasteiger partial charge in [-0.3, -0.25) is 0 Å². The molecule has 2 N–H and O–H groups in total. The van der Waals surface area contributed by atoms with Crippen molar-refractivity contribution >= 4 is 27.0 Å². The molecule has 3 nitrogen and oxygen atoms in total. The normalized spacial score (nSPS) is 19.1. The highest BCUT2D eigenvalue weighted by Gasteiger charge is 2.30. The van der Waals surface area contributed by atoms with E-state index in [4.69, 9.17) is 10.7 Å². The van der Waals surface area contributed by atoms with Crippen molar-refractivity contribution in [3.8, 4) is 0 Å². The van der Waals surface area contributed by atoms with Crippen LogP contribution in [-0.2, 0) is 0 Å². The molecule has 96 valence electrons. The van der Waals surface area contributed by atoms with Gasteiger partial charge in [-0.05, 0) is 38.0 Å². The summed E-state index contributed by atoms with van der Waals surface area (Å²) in [6.45, 7) is 4.22. The molecule has 2 aromatic rings. The van der Waals surface area contributed by atoms with E-state index in [1.807, 2.05) is 0 Å². The average Bonchev–Trinajstić information content (AvgIpc) is 3.09. The number of imidazole rings is 1. The maximum absolute atomic E-state index is 6.05. The summed E-state index contributed by atoms with van der Waals surface area (Å²) in [6, 6.07) is 7.09. The van der Waals surface area contributed by atoms with Crippen molar-refractivity contribution < 1.29 is 0 Å². The van der Waals surface area contributed by atoms with Gasteiger partial charge >= 0.3 is 0 Å². The smallest absolute Gasteiger partial charge is 0.114 e. The number of hydrogen-bond acceptors (Lipinski definition) is 2. The van der Waals surface area contributed by atoms with Crippen molar-refractivity contribution in [3.05, 3.63) is 28.5 Å². The predicted octanol–water partition coefficient (Wildman–Crippen LogP) is 3.58. The minimum atomic E-state index is 0.128. The molecule has 1 heterocycles. The van der Waals surface area contributed by atoms with E-state index in [9.17, 15) is 0 Å². The summed E-state index contributed by atoms with van der Waals surface area (Å²) >= 11 is 3.51. The summed E-state index contributed by atoms with van der Waals surface area (Å²) in [6.07, 6.45) is 2.53. The zero-order chi connectivity index (χ0) is 12.9. The summed E-state index contributed by atoms with van der Waals surface area (Å²) in [7, 11) is 0. The molecule has 18 heavy (non-hydrogen) atoms. The van der Waals surface area contributed by atoms with Crippen LogP contribution in [0.4, 0.5) is 0 Å². The Morgan fingerprint density at radius 2 is 2.11 bits per heavy atom. The van der Waals surface area contributed by atoms with Crippen LogP contribution < -0.4 is 5.73 Å². The lowest BCUT2D eigenvalue weighted by atomic mass is 10.0. The Balaban J connectivity index is 2.20. The minimum Gasteiger partial charge on any atom is -0.327 e. The molecule has 2 atom stereocenters. The Bertz CT molecular complexity index is 584. The first-order valence-electron chi connectivity index (χ1n) is 6.51. The van der Waals surface area contributed by atoms with Gasteiger partial charge in [-0.15, -0.1) is 0 Å². The first kappa shape index (κ1) is 12.2. The van der Waals surface area contributed by atoms with Crippen LogP contribution >= 0.6 is 15.9 Å². The highest BCUT2D eigenvalue weighted by atomic mass is 79.9. The molecule has 0 spiro atoms. The Labute approximate surface area is 116 Å². The van der Waals surface area contributed by atoms with E-state index >= 15 is 0 Å². The van der Waals surface area contributed by atoms with E-state index in [1.54, 1.807) is 0 Å². The number of nitrogens with two attached hydrogens (primary N) is 1. The van der Waals surface area contributed by atoms with Gasteiger partial charge in [-0.25, -0.2) is 4.98 Å². The van der Waals surface area contributed by atoms with Crippen molar-refractivity contribution in [1.82, 2.24) is 9.55 Å². The van der Waals surface area contributed by atoms with Crippen LogP contribution in [0.25, 0.3) is 11.0 Å². The molecule has 1 fully saturated rings. The predicted molar refractivity (Wildman–Crippen MR) is 77.8 cm³/mol. The van der Waals surface area contributed by atoms with Crippen LogP contribution in [0.2, 0.25) is 0 Å². The fourth-order valence-electron chi connectivity index (χ4n) is 2.36. The third-order valence-electron chi connectivity index (χ3n) is 3.79. The van der Waals surface area contributed by atoms with Gasteiger partial charge < -0.3 is 10.3 Å². The highest BCUT2D eigenvalue weighted by molar-refractivity contribution is 9.10. The summed E-state index contributed by atoms with van der Waals surface area (Å²) in [4.78, 5) is 4.81. The highest BCUT2D eigenvalue weighted by Crippen LogP contribution is 2.40. The second kappa shape index (κ2) is 4.35. The number of nitrogens with zero attached hydrogens (tertiary/aromatic N) is 2. The van der Waals surface area contributed by atoms with Crippen LogP contribution in [0.1, 0.15) is 44.5 Å². The molecule has 3 rings (SSSR count). The third kappa shape index (κ3) is 1.97. The molecule has 2 unspecified atom stereocenters. The van der Waals surface area contributed by atoms with E-state index < -0.39 is 0 Å². The van der Waals surface area contributed by atoms with Crippen molar-refractivity contribution in [2.45, 2.75) is 44.7 Å². The minimum absolute atomic E-state index is 0.128. The molecular formula is C14H18BrN3. The molecule has 1 aromatic carbocycles. The SMILES string of the molecule is CC(N)C(C)c1nc2cc(Br)ccc2n1C1CC1. The molecule has 0 amide bonds. The summed E-state index contributed by atoms with van der Waals surface area (Å²) in [5.41, 5.74) is 8.35. The summed E-state index contributed by atoms with van der Waals surface area (Å²) in [5.74, 6) is 1.43. The maximum Gasteiger partial charge on any atom is 0.114 e. The molecule has 4 heteroatoms. The second-order valence-corrected chi connectivity index (χ2v) is 6.27. The van der Waals surface area contributed by atoms with Gasteiger partial charge in [0.1, 0.15) is 5.82 Å². The molecule has 1 aliphatic rings. The largest absolute Gasteiger partial charge is 0.327 e. The monoisotopic (exact) mass is 307 g/mol. The van der Waals surface area contributed by atoms with Crippen LogP contribution in [-0.4, -0.2) is 15.6 Å². The van der Waals surface area contributed by atoms with E-state index in [-0.39, 0.29) is 12.0 Å². The van der Waals surface area contributed by atoms with Gasteiger partial charge in [0.25, 0.3) is 0 Å². The first-order valence-corrected chi connectivity index (χ1v) is 7.30. The number of aromatic nitrogens is 2. The van der Waals surface area contributed by atoms with Gasteiger partial charge in [0.2, 0.25) is 0 Å². The number of fused-ring (bicyclic) bond motifs is 1. The molecule has 1 aromatic heterocycles. The standard InChI is InChI=1S/C14H18BrN3/c1-8(9(2)16)14-17-12-7-10(15)3-6-13(12)18(14)11-4-5-11/h3,6-9,11H,4-5,16H2,1-2H3. The van der Waals surface area contributed by atoms with Crippen molar-refractivity contribution in [2.24, 2.45) is 5.73 Å². The lowest BCUT2D eigenvalue weighted by Crippen LogP contribution is -2.25. The van der Waals surface area contributed by atoms with Gasteiger partial charge in [-0.2, -0.15) is 0 Å². The molecule has 0 bridgehead atoms. The Hall–Kier alpha value is -0.870. The van der Waals surface area contributed by atoms with Crippen molar-refractivity contribution in [1.29, 1.82) is 0 Å². The maximum atomic E-state index is 6.05. The topological polar surface area (TPSA) is 43.8 Å². The number of benzene rings is 1. The third-order valence-corrected chi connectivity index (χ3v) is 4.28. The Morgan fingerprint density at radius 1 is 1.39 bits per heavy atom. The summed E-state index contributed by atoms with van der Waals surface area (Å²) in [5, 5.41) is 0. The molecular weight excluding hydrogens is 290 g/mol. The Morgan fingerprint density at radius 3 is 2.72 bits per heavy atom. The first-order chi connectivity index (χ1) is 8.58. The number of rotatable bonds is 3. The lowest BCUT2D eigenvalue weighted by molar-refractivity contribution is 0.547. The fraction of sp³-hybridized carbons (Fsp3) is 0.500. The lowest BCUT2D eigenvalue weighted by Gasteiger charge is -2.17. The zero-order valence-electron chi connectivity index (χ0n) is 10.7. The molecule has 1 saturated carbocycles. The van der Waals surface area contributed by atoms with Crippen LogP contribution in [0.5, 0.6) is 0 Å². The van der Waals surface area contributed by atoms with Gasteiger partial charge in [0.05, 0.1) is 11.0 Å². The average molecular weight is 308 g/mol. The molecule has 1 aliphatic carbocycles. The van der Waals surface area contributed by atoms with Gasteiger partial charge in [0, 0.05) is 22.5 Å². The van der Waals surface area contributed by atoms with Gasteiger partial charge in [-0.1, -0.05) is 22.9 Å². The van der Waals surface area contributed by atoms with Crippen LogP contribution in [0.15, 0.2) is 22.7 Å². The second-order valence-electron chi connectivity index (χ2n) is 5.35. The van der Waals surface area contributed by atoms with Crippen molar-refractivity contribution in [2.75, 3.05) is 0 Å². The molecule has 0 saturated heterocycles. The van der Waals surface area contributed by atoms with E-state index in [1.165, 1.54) is 18.4 Å². The van der Waals surface area contributed by atoms with Crippen molar-refractivity contribution in [3.63, 3.8) is 0 Å². The Kier molecular flexibility index (Phi) is 2.94. The molecule has 0 radical (unpaired) electrons. The van der Waals surface area contributed by atoms with Crippen LogP contribution in [0.3, 0.4) is 0 Å². The fourth-order valence-corrected chi connectivity index (χ4v) is 2.71. The van der Waals surface area contributed by atoms with Crippen LogP contribution in [0, 0.1) is 0 Å². The van der Waals surface area contributed by atoms with E-state index in [2.05, 4.69) is 52.5 Å². The number of halogens is 1. The zero-order valence-corrected chi connectivity index (χ0v) is 12.3.